The van der Waals surface area contributed by atoms with E-state index in [-0.39, 0.29) is 0 Å². The van der Waals surface area contributed by atoms with E-state index in [1.165, 1.54) is 29.3 Å². The summed E-state index contributed by atoms with van der Waals surface area (Å²) in [5.74, 6) is -1.22. The van der Waals surface area contributed by atoms with Crippen molar-refractivity contribution in [2.75, 3.05) is 31.6 Å². The Balaban J connectivity index is 1.83. The maximum atomic E-state index is 11.6. The van der Waals surface area contributed by atoms with E-state index in [1.54, 1.807) is 0 Å². The minimum absolute atomic E-state index is 0.296. The summed E-state index contributed by atoms with van der Waals surface area (Å²) in [5, 5.41) is 5.08. The monoisotopic (exact) mass is 301 g/mol. The number of aryl methyl sites for hydroxylation is 1. The zero-order valence-electron chi connectivity index (χ0n) is 13.0. The highest BCUT2D eigenvalue weighted by atomic mass is 16.2. The van der Waals surface area contributed by atoms with Crippen LogP contribution in [0.25, 0.3) is 0 Å². The molecular weight excluding hydrogens is 278 g/mol. The van der Waals surface area contributed by atoms with Crippen LogP contribution in [0.3, 0.4) is 0 Å². The summed E-state index contributed by atoms with van der Waals surface area (Å²) in [4.78, 5) is 25.2. The van der Waals surface area contributed by atoms with Gasteiger partial charge in [0.25, 0.3) is 0 Å². The second-order valence-corrected chi connectivity index (χ2v) is 5.49. The van der Waals surface area contributed by atoms with Crippen molar-refractivity contribution in [3.63, 3.8) is 0 Å². The van der Waals surface area contributed by atoms with Crippen molar-refractivity contribution in [1.29, 1.82) is 0 Å². The van der Waals surface area contributed by atoms with E-state index in [2.05, 4.69) is 47.4 Å². The molecule has 0 atom stereocenters. The molecular formula is C17H23N3O2. The lowest BCUT2D eigenvalue weighted by atomic mass is 9.98. The third-order valence-corrected chi connectivity index (χ3v) is 3.81. The number of carbonyl (C=O) groups is 2. The van der Waals surface area contributed by atoms with Crippen molar-refractivity contribution >= 4 is 17.5 Å². The van der Waals surface area contributed by atoms with Gasteiger partial charge in [0.05, 0.1) is 0 Å². The molecule has 0 unspecified atom stereocenters. The molecule has 0 spiro atoms. The molecule has 0 bridgehead atoms. The quantitative estimate of drug-likeness (QED) is 0.631. The minimum Gasteiger partial charge on any atom is -0.374 e. The van der Waals surface area contributed by atoms with Crippen LogP contribution in [0.1, 0.15) is 17.5 Å². The summed E-state index contributed by atoms with van der Waals surface area (Å²) >= 11 is 0. The summed E-state index contributed by atoms with van der Waals surface area (Å²) in [6.45, 7) is 5.33. The number of rotatable bonds is 5. The molecule has 0 aliphatic carbocycles. The number of nitrogens with one attached hydrogen (secondary N) is 2. The maximum absolute atomic E-state index is 11.6. The Morgan fingerprint density at radius 2 is 2.09 bits per heavy atom. The Bertz CT molecular complexity index is 569. The van der Waals surface area contributed by atoms with E-state index in [4.69, 9.17) is 0 Å². The van der Waals surface area contributed by atoms with E-state index in [9.17, 15) is 9.59 Å². The number of carbonyl (C=O) groups excluding carboxylic acids is 2. The van der Waals surface area contributed by atoms with E-state index in [0.29, 0.717) is 13.1 Å². The van der Waals surface area contributed by atoms with Crippen molar-refractivity contribution in [1.82, 2.24) is 10.6 Å². The predicted octanol–water partition coefficient (Wildman–Crippen LogP) is 1.03. The Morgan fingerprint density at radius 1 is 1.32 bits per heavy atom. The van der Waals surface area contributed by atoms with Crippen LogP contribution in [0, 0.1) is 0 Å². The van der Waals surface area contributed by atoms with Crippen molar-refractivity contribution in [3.05, 3.63) is 42.0 Å². The van der Waals surface area contributed by atoms with E-state index < -0.39 is 11.8 Å². The number of amides is 2. The molecule has 22 heavy (non-hydrogen) atoms. The highest BCUT2D eigenvalue weighted by Crippen LogP contribution is 2.26. The Kier molecular flexibility index (Phi) is 5.58. The Morgan fingerprint density at radius 3 is 2.86 bits per heavy atom. The van der Waals surface area contributed by atoms with Crippen molar-refractivity contribution in [3.8, 4) is 0 Å². The molecule has 1 aliphatic rings. The van der Waals surface area contributed by atoms with Crippen LogP contribution in [-0.4, -0.2) is 38.5 Å². The molecule has 2 N–H and O–H groups in total. The fourth-order valence-corrected chi connectivity index (χ4v) is 2.64. The molecule has 1 heterocycles. The lowest BCUT2D eigenvalue weighted by Gasteiger charge is -2.27. The van der Waals surface area contributed by atoms with Crippen LogP contribution >= 0.6 is 0 Å². The lowest BCUT2D eigenvalue weighted by molar-refractivity contribution is -0.139. The fraction of sp³-hybridized carbons (Fsp3) is 0.412. The largest absolute Gasteiger partial charge is 0.374 e. The molecule has 1 aromatic rings. The molecule has 2 rings (SSSR count). The van der Waals surface area contributed by atoms with E-state index in [0.717, 1.165) is 19.4 Å². The van der Waals surface area contributed by atoms with Gasteiger partial charge in [-0.25, -0.2) is 0 Å². The smallest absolute Gasteiger partial charge is 0.309 e. The van der Waals surface area contributed by atoms with Gasteiger partial charge in [-0.05, 0) is 36.5 Å². The molecule has 1 aromatic carbocycles. The Labute approximate surface area is 131 Å². The summed E-state index contributed by atoms with van der Waals surface area (Å²) in [6.07, 6.45) is 4.53. The van der Waals surface area contributed by atoms with E-state index in [1.807, 2.05) is 0 Å². The van der Waals surface area contributed by atoms with Gasteiger partial charge in [0, 0.05) is 32.4 Å². The van der Waals surface area contributed by atoms with Crippen LogP contribution in [0.2, 0.25) is 0 Å². The second-order valence-electron chi connectivity index (χ2n) is 5.49. The predicted molar refractivity (Wildman–Crippen MR) is 88.0 cm³/mol. The zero-order chi connectivity index (χ0) is 15.9. The third kappa shape index (κ3) is 4.10. The summed E-state index contributed by atoms with van der Waals surface area (Å²) < 4.78 is 0. The highest BCUT2D eigenvalue weighted by Gasteiger charge is 2.14. The minimum atomic E-state index is -0.619. The normalized spacial score (nSPS) is 13.2. The Hall–Kier alpha value is -2.30. The molecule has 5 heteroatoms. The summed E-state index contributed by atoms with van der Waals surface area (Å²) in [5.41, 5.74) is 3.84. The van der Waals surface area contributed by atoms with Crippen LogP contribution < -0.4 is 15.5 Å². The number of anilines is 1. The maximum Gasteiger partial charge on any atom is 0.309 e. The number of nitrogens with zero attached hydrogens (tertiary/aromatic N) is 1. The van der Waals surface area contributed by atoms with Gasteiger partial charge in [-0.15, -0.1) is 6.58 Å². The number of fused-ring (bicyclic) bond motifs is 1. The molecule has 5 nitrogen and oxygen atoms in total. The van der Waals surface area contributed by atoms with Gasteiger partial charge >= 0.3 is 11.8 Å². The number of hydrogen-bond donors (Lipinski definition) is 2. The number of hydrogen-bond acceptors (Lipinski definition) is 3. The molecule has 0 saturated carbocycles. The van der Waals surface area contributed by atoms with Crippen molar-refractivity contribution in [2.45, 2.75) is 19.3 Å². The lowest BCUT2D eigenvalue weighted by Crippen LogP contribution is -2.40. The van der Waals surface area contributed by atoms with Gasteiger partial charge in [0.1, 0.15) is 0 Å². The standard InChI is InChI=1S/C17H23N3O2/c1-3-9-18-16(21)17(22)19-10-8-13-6-7-15-14(12-13)5-4-11-20(15)2/h3,6-7,12H,1,4-5,8-11H2,2H3,(H,18,21)(H,19,22). The molecule has 118 valence electrons. The molecule has 0 fully saturated rings. The molecule has 1 aliphatic heterocycles. The highest BCUT2D eigenvalue weighted by molar-refractivity contribution is 6.35. The second kappa shape index (κ2) is 7.64. The van der Waals surface area contributed by atoms with Crippen LogP contribution in [0.15, 0.2) is 30.9 Å². The van der Waals surface area contributed by atoms with Gasteiger partial charge in [-0.1, -0.05) is 18.2 Å². The average molecular weight is 301 g/mol. The summed E-state index contributed by atoms with van der Waals surface area (Å²) in [7, 11) is 2.11. The molecule has 2 amide bonds. The first kappa shape index (κ1) is 16.1. The van der Waals surface area contributed by atoms with Gasteiger partial charge in [-0.3, -0.25) is 9.59 Å². The van der Waals surface area contributed by atoms with Gasteiger partial charge in [0.2, 0.25) is 0 Å². The van der Waals surface area contributed by atoms with Crippen LogP contribution in [0.5, 0.6) is 0 Å². The van der Waals surface area contributed by atoms with Crippen LogP contribution in [-0.2, 0) is 22.4 Å². The van der Waals surface area contributed by atoms with Gasteiger partial charge in [-0.2, -0.15) is 0 Å². The zero-order valence-corrected chi connectivity index (χ0v) is 13.0. The molecule has 0 aromatic heterocycles. The van der Waals surface area contributed by atoms with Gasteiger partial charge < -0.3 is 15.5 Å². The van der Waals surface area contributed by atoms with Crippen molar-refractivity contribution in [2.24, 2.45) is 0 Å². The molecule has 0 saturated heterocycles. The first-order valence-electron chi connectivity index (χ1n) is 7.61. The number of benzene rings is 1. The SMILES string of the molecule is C=CCNC(=O)C(=O)NCCc1ccc2c(c1)CCCN2C. The average Bonchev–Trinajstić information content (AvgIpc) is 2.52. The summed E-state index contributed by atoms with van der Waals surface area (Å²) in [6, 6.07) is 6.43. The molecule has 0 radical (unpaired) electrons. The third-order valence-electron chi connectivity index (χ3n) is 3.81. The van der Waals surface area contributed by atoms with E-state index >= 15 is 0 Å². The fourth-order valence-electron chi connectivity index (χ4n) is 2.64. The van der Waals surface area contributed by atoms with Gasteiger partial charge in [0.15, 0.2) is 0 Å². The van der Waals surface area contributed by atoms with Crippen molar-refractivity contribution < 1.29 is 9.59 Å². The van der Waals surface area contributed by atoms with Crippen LogP contribution in [0.4, 0.5) is 5.69 Å². The first-order chi connectivity index (χ1) is 10.6. The first-order valence-corrected chi connectivity index (χ1v) is 7.61. The topological polar surface area (TPSA) is 61.4 Å².